The van der Waals surface area contributed by atoms with Crippen molar-refractivity contribution < 1.29 is 18.5 Å². The number of rotatable bonds is 24. The van der Waals surface area contributed by atoms with Gasteiger partial charge in [0.1, 0.15) is 27.7 Å². The molecule has 7 nitrogen and oxygen atoms in total. The molecule has 0 bridgehead atoms. The number of carbonyl (C=O) groups is 1. The molecule has 0 atom stereocenters. The van der Waals surface area contributed by atoms with Crippen molar-refractivity contribution in [3.63, 3.8) is 0 Å². The predicted octanol–water partition coefficient (Wildman–Crippen LogP) is 9.31. The Balaban J connectivity index is 0.000000332. The van der Waals surface area contributed by atoms with E-state index in [4.69, 9.17) is 10.5 Å². The number of nitrogens with one attached hydrogen (secondary N) is 1. The molecular weight excluding hydrogens is 944 g/mol. The van der Waals surface area contributed by atoms with Crippen molar-refractivity contribution in [1.29, 1.82) is 0 Å². The van der Waals surface area contributed by atoms with Gasteiger partial charge in [0.05, 0.1) is 0 Å². The van der Waals surface area contributed by atoms with Crippen molar-refractivity contribution in [1.82, 2.24) is 10.2 Å². The number of hydrogen-bond acceptors (Lipinski definition) is 10. The minimum atomic E-state index is -2.81. The third kappa shape index (κ3) is 19.7. The van der Waals surface area contributed by atoms with Crippen LogP contribution in [0.5, 0.6) is 0 Å². The van der Waals surface area contributed by atoms with E-state index in [1.165, 1.54) is 6.08 Å². The molecule has 0 saturated heterocycles. The van der Waals surface area contributed by atoms with Gasteiger partial charge in [0.2, 0.25) is 0 Å². The van der Waals surface area contributed by atoms with E-state index in [9.17, 15) is 13.7 Å². The standard InChI is InChI=1S/C31H35NO2P2S.C17H22NOPS.C3H9NS.C3H4O/c1-37-27-24-32(22-25-35(33,28-14-6-2-7-15-28)29-16-8-3-9-17-29)23-26-36(34,30-18-10-4-11-19-30)31-20-12-5-13-21-31;1-21-15-13-18-12-14-20(19,16-8-4-2-5-9-16)17-10-6-3-7-11-17;1-5-3-2-4;1-2-3-4/h2-21H,22-27H2,1H3;2-11,18H,12-15H2,1H3;2-4H2,1H3;2-3H,1H2. The highest BCUT2D eigenvalue weighted by atomic mass is 32.2. The molecule has 0 spiro atoms. The molecule has 358 valence electrons. The number of nitrogens with two attached hydrogens (primary N) is 1. The Bertz CT molecular complexity index is 2120. The molecule has 0 fully saturated rings. The highest BCUT2D eigenvalue weighted by Crippen LogP contribution is 2.45. The SMILES string of the molecule is C=CC=O.CSCCN.CSCCN(CCP(=O)(c1ccccc1)c1ccccc1)CCP(=O)(c1ccccc1)c1ccccc1.CSCCNCCP(=O)(c1ccccc1)c1ccccc1. The van der Waals surface area contributed by atoms with Gasteiger partial charge in [-0.2, -0.15) is 35.3 Å². The lowest BCUT2D eigenvalue weighted by molar-refractivity contribution is -0.104. The number of thioether (sulfide) groups is 3. The number of hydrogen-bond donors (Lipinski definition) is 2. The fraction of sp³-hybridized carbons (Fsp3) is 0.278. The molecule has 0 saturated carbocycles. The number of benzene rings is 6. The number of aldehydes is 1. The van der Waals surface area contributed by atoms with Crippen LogP contribution in [0.15, 0.2) is 195 Å². The van der Waals surface area contributed by atoms with Gasteiger partial charge in [0.15, 0.2) is 0 Å². The number of allylic oxidation sites excluding steroid dienone is 1. The third-order valence-electron chi connectivity index (χ3n) is 10.6. The fourth-order valence-corrected chi connectivity index (χ4v) is 16.0. The van der Waals surface area contributed by atoms with Crippen LogP contribution in [0.25, 0.3) is 0 Å². The summed E-state index contributed by atoms with van der Waals surface area (Å²) in [5.74, 6) is 3.14. The van der Waals surface area contributed by atoms with Gasteiger partial charge in [-0.1, -0.05) is 189 Å². The Hall–Kier alpha value is -3.65. The van der Waals surface area contributed by atoms with E-state index in [2.05, 4.69) is 29.3 Å². The maximum Gasteiger partial charge on any atom is 0.144 e. The van der Waals surface area contributed by atoms with E-state index in [0.29, 0.717) is 37.9 Å². The van der Waals surface area contributed by atoms with Crippen molar-refractivity contribution in [2.24, 2.45) is 5.73 Å². The lowest BCUT2D eigenvalue weighted by Gasteiger charge is -2.28. The zero-order chi connectivity index (χ0) is 48.5. The Kier molecular flexibility index (Phi) is 29.1. The summed E-state index contributed by atoms with van der Waals surface area (Å²) in [7, 11) is -8.16. The topological polar surface area (TPSA) is 110 Å². The van der Waals surface area contributed by atoms with Crippen molar-refractivity contribution in [2.75, 3.05) is 93.8 Å². The first-order valence-electron chi connectivity index (χ1n) is 22.4. The minimum absolute atomic E-state index is 0.552. The van der Waals surface area contributed by atoms with Gasteiger partial charge in [-0.15, -0.1) is 0 Å². The molecule has 3 N–H and O–H groups in total. The summed E-state index contributed by atoms with van der Waals surface area (Å²) in [6.07, 6.45) is 9.85. The third-order valence-corrected chi connectivity index (χ3v) is 21.8. The molecule has 0 aliphatic carbocycles. The molecule has 0 radical (unpaired) electrons. The van der Waals surface area contributed by atoms with Crippen LogP contribution in [0, 0.1) is 0 Å². The molecule has 0 heterocycles. The van der Waals surface area contributed by atoms with Gasteiger partial charge < -0.3 is 29.6 Å². The van der Waals surface area contributed by atoms with Gasteiger partial charge >= 0.3 is 0 Å². The maximum atomic E-state index is 14.6. The highest BCUT2D eigenvalue weighted by molar-refractivity contribution is 7.99. The van der Waals surface area contributed by atoms with E-state index in [0.717, 1.165) is 75.3 Å². The van der Waals surface area contributed by atoms with Gasteiger partial charge in [0.25, 0.3) is 0 Å². The van der Waals surface area contributed by atoms with Crippen LogP contribution in [0.2, 0.25) is 0 Å². The Morgan fingerprint density at radius 1 is 0.463 bits per heavy atom. The molecule has 0 aliphatic heterocycles. The highest BCUT2D eigenvalue weighted by Gasteiger charge is 2.31. The lowest BCUT2D eigenvalue weighted by atomic mass is 10.4. The second-order valence-corrected chi connectivity index (χ2v) is 27.0. The molecule has 6 aromatic rings. The average molecular weight is 1010 g/mol. The van der Waals surface area contributed by atoms with E-state index >= 15 is 0 Å². The summed E-state index contributed by atoms with van der Waals surface area (Å²) < 4.78 is 42.7. The Labute approximate surface area is 415 Å². The molecule has 67 heavy (non-hydrogen) atoms. The van der Waals surface area contributed by atoms with Crippen LogP contribution in [-0.2, 0) is 18.5 Å². The van der Waals surface area contributed by atoms with Crippen LogP contribution < -0.4 is 42.9 Å². The molecule has 0 amide bonds. The summed E-state index contributed by atoms with van der Waals surface area (Å²) in [6.45, 7) is 7.90. The summed E-state index contributed by atoms with van der Waals surface area (Å²) in [4.78, 5) is 11.4. The maximum absolute atomic E-state index is 14.6. The van der Waals surface area contributed by atoms with Crippen LogP contribution in [0.3, 0.4) is 0 Å². The van der Waals surface area contributed by atoms with E-state index in [1.54, 1.807) is 23.5 Å². The first-order valence-corrected chi connectivity index (χ1v) is 32.3. The largest absolute Gasteiger partial charge is 0.330 e. The van der Waals surface area contributed by atoms with E-state index in [-0.39, 0.29) is 0 Å². The van der Waals surface area contributed by atoms with Gasteiger partial charge in [-0.3, -0.25) is 4.79 Å². The van der Waals surface area contributed by atoms with Gasteiger partial charge in [-0.05, 0) is 24.8 Å². The molecular formula is C54H70N3O4P3S3. The normalized spacial score (nSPS) is 11.2. The average Bonchev–Trinajstić information content (AvgIpc) is 3.40. The predicted molar refractivity (Wildman–Crippen MR) is 304 cm³/mol. The Morgan fingerprint density at radius 2 is 0.746 bits per heavy atom. The molecule has 0 aromatic heterocycles. The molecule has 6 rings (SSSR count). The first kappa shape index (κ1) is 57.7. The smallest absolute Gasteiger partial charge is 0.144 e. The summed E-state index contributed by atoms with van der Waals surface area (Å²) in [5, 5.41) is 8.86. The molecule has 13 heteroatoms. The molecule has 0 aliphatic rings. The van der Waals surface area contributed by atoms with Crippen molar-refractivity contribution in [3.05, 3.63) is 195 Å². The van der Waals surface area contributed by atoms with Gasteiger partial charge in [-0.25, -0.2) is 0 Å². The second kappa shape index (κ2) is 33.8. The first-order chi connectivity index (χ1) is 32.7. The summed E-state index contributed by atoms with van der Waals surface area (Å²) in [6, 6.07) is 59.2. The van der Waals surface area contributed by atoms with E-state index < -0.39 is 21.4 Å². The summed E-state index contributed by atoms with van der Waals surface area (Å²) in [5.41, 5.74) is 5.12. The zero-order valence-corrected chi connectivity index (χ0v) is 44.5. The van der Waals surface area contributed by atoms with Crippen LogP contribution >= 0.6 is 56.7 Å². The van der Waals surface area contributed by atoms with E-state index in [1.807, 2.05) is 200 Å². The number of nitrogens with zero attached hydrogens (tertiary/aromatic N) is 1. The second-order valence-electron chi connectivity index (χ2n) is 15.1. The van der Waals surface area contributed by atoms with Crippen LogP contribution in [0.4, 0.5) is 0 Å². The quantitative estimate of drug-likeness (QED) is 0.0264. The zero-order valence-electron chi connectivity index (χ0n) is 39.4. The summed E-state index contributed by atoms with van der Waals surface area (Å²) >= 11 is 5.40. The minimum Gasteiger partial charge on any atom is -0.330 e. The van der Waals surface area contributed by atoms with Crippen molar-refractivity contribution in [3.8, 4) is 0 Å². The van der Waals surface area contributed by atoms with Crippen LogP contribution in [-0.4, -0.2) is 105 Å². The van der Waals surface area contributed by atoms with Crippen molar-refractivity contribution in [2.45, 2.75) is 0 Å². The van der Waals surface area contributed by atoms with Crippen molar-refractivity contribution >= 4 is 94.8 Å². The Morgan fingerprint density at radius 3 is 0.985 bits per heavy atom. The lowest BCUT2D eigenvalue weighted by Crippen LogP contribution is -2.35. The number of carbonyl (C=O) groups excluding carboxylic acids is 1. The van der Waals surface area contributed by atoms with Crippen LogP contribution in [0.1, 0.15) is 0 Å². The fourth-order valence-electron chi connectivity index (χ4n) is 7.01. The monoisotopic (exact) mass is 1010 g/mol. The molecule has 6 aromatic carbocycles. The molecule has 0 unspecified atom stereocenters. The van der Waals surface area contributed by atoms with Gasteiger partial charge in [0, 0.05) is 107 Å².